The summed E-state index contributed by atoms with van der Waals surface area (Å²) in [5.41, 5.74) is 4.23. The third-order valence-electron chi connectivity index (χ3n) is 5.66. The van der Waals surface area contributed by atoms with Gasteiger partial charge in [-0.25, -0.2) is 4.79 Å². The van der Waals surface area contributed by atoms with Crippen LogP contribution in [0, 0.1) is 6.92 Å². The summed E-state index contributed by atoms with van der Waals surface area (Å²) in [6.07, 6.45) is 1.32. The Hall–Kier alpha value is -3.47. The van der Waals surface area contributed by atoms with E-state index < -0.39 is 5.97 Å². The van der Waals surface area contributed by atoms with Crippen LogP contribution in [-0.4, -0.2) is 28.7 Å². The molecule has 0 aliphatic heterocycles. The van der Waals surface area contributed by atoms with E-state index in [0.29, 0.717) is 29.8 Å². The average Bonchev–Trinajstić information content (AvgIpc) is 3.08. The quantitative estimate of drug-likeness (QED) is 0.426. The molecule has 4 rings (SSSR count). The molecule has 0 bridgehead atoms. The zero-order valence-electron chi connectivity index (χ0n) is 18.0. The number of aryl methyl sites for hydroxylation is 1. The molecular weight excluding hydrogens is 390 g/mol. The van der Waals surface area contributed by atoms with Crippen molar-refractivity contribution in [3.63, 3.8) is 0 Å². The van der Waals surface area contributed by atoms with Crippen LogP contribution in [0.3, 0.4) is 0 Å². The minimum atomic E-state index is -0.551. The van der Waals surface area contributed by atoms with E-state index in [2.05, 4.69) is 0 Å². The van der Waals surface area contributed by atoms with Crippen molar-refractivity contribution >= 4 is 17.5 Å². The van der Waals surface area contributed by atoms with E-state index >= 15 is 0 Å². The first-order chi connectivity index (χ1) is 15.0. The maximum absolute atomic E-state index is 13.5. The summed E-state index contributed by atoms with van der Waals surface area (Å²) in [4.78, 5) is 40.0. The van der Waals surface area contributed by atoms with Crippen molar-refractivity contribution < 1.29 is 19.1 Å². The molecule has 0 saturated heterocycles. The third kappa shape index (κ3) is 3.50. The molecule has 1 aromatic heterocycles. The molecule has 0 spiro atoms. The Morgan fingerprint density at radius 2 is 1.58 bits per heavy atom. The Kier molecular flexibility index (Phi) is 5.59. The van der Waals surface area contributed by atoms with E-state index in [1.165, 1.54) is 0 Å². The van der Waals surface area contributed by atoms with E-state index in [9.17, 15) is 14.4 Å². The molecule has 0 fully saturated rings. The first-order valence-electron chi connectivity index (χ1n) is 10.6. The van der Waals surface area contributed by atoms with Crippen LogP contribution in [0.2, 0.25) is 0 Å². The van der Waals surface area contributed by atoms with Gasteiger partial charge in [-0.15, -0.1) is 0 Å². The molecule has 1 aliphatic carbocycles. The SMILES string of the molecule is CCCc1c(C(=O)OCC)c2c(n1Cc1ccc(C)cc1)C(=O)c1ccccc1C2=O. The number of rotatable bonds is 6. The normalized spacial score (nSPS) is 12.5. The van der Waals surface area contributed by atoms with Gasteiger partial charge in [0.1, 0.15) is 5.69 Å². The monoisotopic (exact) mass is 415 g/mol. The van der Waals surface area contributed by atoms with Gasteiger partial charge in [0.2, 0.25) is 5.78 Å². The molecule has 3 aromatic rings. The molecule has 1 aliphatic rings. The number of aromatic nitrogens is 1. The van der Waals surface area contributed by atoms with Gasteiger partial charge in [-0.1, -0.05) is 67.4 Å². The summed E-state index contributed by atoms with van der Waals surface area (Å²) in [5, 5.41) is 0. The summed E-state index contributed by atoms with van der Waals surface area (Å²) < 4.78 is 7.17. The lowest BCUT2D eigenvalue weighted by Gasteiger charge is -2.18. The fourth-order valence-electron chi connectivity index (χ4n) is 4.24. The lowest BCUT2D eigenvalue weighted by atomic mass is 9.86. The Morgan fingerprint density at radius 1 is 0.935 bits per heavy atom. The minimum Gasteiger partial charge on any atom is -0.462 e. The summed E-state index contributed by atoms with van der Waals surface area (Å²) in [5.74, 6) is -1.08. The molecular formula is C26H25NO4. The molecule has 5 heteroatoms. The summed E-state index contributed by atoms with van der Waals surface area (Å²) in [6, 6.07) is 14.8. The summed E-state index contributed by atoms with van der Waals surface area (Å²) in [7, 11) is 0. The number of hydrogen-bond donors (Lipinski definition) is 0. The Labute approximate surface area is 181 Å². The molecule has 0 unspecified atom stereocenters. The maximum atomic E-state index is 13.5. The van der Waals surface area contributed by atoms with E-state index in [0.717, 1.165) is 17.5 Å². The lowest BCUT2D eigenvalue weighted by molar-refractivity contribution is 0.0522. The number of carbonyl (C=O) groups is 3. The highest BCUT2D eigenvalue weighted by Crippen LogP contribution is 2.35. The molecule has 0 saturated carbocycles. The van der Waals surface area contributed by atoms with Gasteiger partial charge in [-0.05, 0) is 25.8 Å². The Bertz CT molecular complexity index is 1180. The summed E-state index contributed by atoms with van der Waals surface area (Å²) >= 11 is 0. The van der Waals surface area contributed by atoms with Crippen LogP contribution in [0.1, 0.15) is 79.4 Å². The van der Waals surface area contributed by atoms with Gasteiger partial charge in [-0.2, -0.15) is 0 Å². The van der Waals surface area contributed by atoms with Gasteiger partial charge in [0.05, 0.1) is 17.7 Å². The van der Waals surface area contributed by atoms with Crippen LogP contribution in [0.4, 0.5) is 0 Å². The van der Waals surface area contributed by atoms with Gasteiger partial charge in [0, 0.05) is 23.4 Å². The highest BCUT2D eigenvalue weighted by Gasteiger charge is 2.39. The Morgan fingerprint density at radius 3 is 2.19 bits per heavy atom. The molecule has 0 N–H and O–H groups in total. The maximum Gasteiger partial charge on any atom is 0.340 e. The minimum absolute atomic E-state index is 0.178. The van der Waals surface area contributed by atoms with Crippen LogP contribution in [0.5, 0.6) is 0 Å². The van der Waals surface area contributed by atoms with Crippen molar-refractivity contribution in [3.05, 3.63) is 93.3 Å². The average molecular weight is 415 g/mol. The second kappa shape index (κ2) is 8.34. The lowest BCUT2D eigenvalue weighted by Crippen LogP contribution is -2.24. The van der Waals surface area contributed by atoms with Gasteiger partial charge in [0.15, 0.2) is 5.78 Å². The zero-order chi connectivity index (χ0) is 22.1. The molecule has 0 amide bonds. The first kappa shape index (κ1) is 20.8. The molecule has 1 heterocycles. The standard InChI is InChI=1S/C26H25NO4/c1-4-8-20-21(26(30)31-5-2)22-23(27(20)15-17-13-11-16(3)12-14-17)25(29)19-10-7-6-9-18(19)24(22)28/h6-7,9-14H,4-5,8,15H2,1-3H3. The Balaban J connectivity index is 1.99. The smallest absolute Gasteiger partial charge is 0.340 e. The summed E-state index contributed by atoms with van der Waals surface area (Å²) in [6.45, 7) is 6.35. The van der Waals surface area contributed by atoms with Crippen molar-refractivity contribution in [1.82, 2.24) is 4.57 Å². The van der Waals surface area contributed by atoms with Crippen LogP contribution in [-0.2, 0) is 17.7 Å². The van der Waals surface area contributed by atoms with Crippen molar-refractivity contribution in [1.29, 1.82) is 0 Å². The van der Waals surface area contributed by atoms with E-state index in [1.807, 2.05) is 42.7 Å². The van der Waals surface area contributed by atoms with E-state index in [-0.39, 0.29) is 35.0 Å². The number of esters is 1. The number of hydrogen-bond acceptors (Lipinski definition) is 4. The van der Waals surface area contributed by atoms with E-state index in [1.54, 1.807) is 31.2 Å². The third-order valence-corrected chi connectivity index (χ3v) is 5.66. The largest absolute Gasteiger partial charge is 0.462 e. The van der Waals surface area contributed by atoms with Gasteiger partial charge >= 0.3 is 5.97 Å². The second-order valence-electron chi connectivity index (χ2n) is 7.79. The molecule has 0 atom stereocenters. The number of ketones is 2. The van der Waals surface area contributed by atoms with Gasteiger partial charge in [0.25, 0.3) is 0 Å². The number of fused-ring (bicyclic) bond motifs is 2. The topological polar surface area (TPSA) is 65.4 Å². The van der Waals surface area contributed by atoms with Crippen molar-refractivity contribution in [2.24, 2.45) is 0 Å². The highest BCUT2D eigenvalue weighted by atomic mass is 16.5. The van der Waals surface area contributed by atoms with Crippen molar-refractivity contribution in [3.8, 4) is 0 Å². The zero-order valence-corrected chi connectivity index (χ0v) is 18.0. The molecule has 31 heavy (non-hydrogen) atoms. The van der Waals surface area contributed by atoms with Crippen molar-refractivity contribution in [2.45, 2.75) is 40.2 Å². The predicted octanol–water partition coefficient (Wildman–Crippen LogP) is 4.75. The highest BCUT2D eigenvalue weighted by molar-refractivity contribution is 6.30. The fourth-order valence-corrected chi connectivity index (χ4v) is 4.24. The first-order valence-corrected chi connectivity index (χ1v) is 10.6. The number of carbonyl (C=O) groups excluding carboxylic acids is 3. The van der Waals surface area contributed by atoms with E-state index in [4.69, 9.17) is 4.74 Å². The molecule has 5 nitrogen and oxygen atoms in total. The van der Waals surface area contributed by atoms with Gasteiger partial charge < -0.3 is 9.30 Å². The fraction of sp³-hybridized carbons (Fsp3) is 0.269. The molecule has 0 radical (unpaired) electrons. The van der Waals surface area contributed by atoms with Crippen LogP contribution in [0.25, 0.3) is 0 Å². The molecule has 158 valence electrons. The van der Waals surface area contributed by atoms with Gasteiger partial charge in [-0.3, -0.25) is 9.59 Å². The molecule has 2 aromatic carbocycles. The number of nitrogens with zero attached hydrogens (tertiary/aromatic N) is 1. The van der Waals surface area contributed by atoms with Crippen LogP contribution in [0.15, 0.2) is 48.5 Å². The van der Waals surface area contributed by atoms with Crippen molar-refractivity contribution in [2.75, 3.05) is 6.61 Å². The van der Waals surface area contributed by atoms with Crippen LogP contribution < -0.4 is 0 Å². The van der Waals surface area contributed by atoms with Crippen LogP contribution >= 0.6 is 0 Å². The predicted molar refractivity (Wildman–Crippen MR) is 118 cm³/mol. The number of benzene rings is 2. The second-order valence-corrected chi connectivity index (χ2v) is 7.79. The number of ether oxygens (including phenoxy) is 1.